The van der Waals surface area contributed by atoms with Crippen molar-refractivity contribution in [3.63, 3.8) is 0 Å². The largest absolute Gasteiger partial charge is 0.495 e. The summed E-state index contributed by atoms with van der Waals surface area (Å²) in [5.41, 5.74) is 5.80. The van der Waals surface area contributed by atoms with Crippen LogP contribution in [0.2, 0.25) is 0 Å². The smallest absolute Gasteiger partial charge is 0.207 e. The molecule has 0 fully saturated rings. The van der Waals surface area contributed by atoms with E-state index in [0.717, 1.165) is 29.4 Å². The predicted molar refractivity (Wildman–Crippen MR) is 87.5 cm³/mol. The van der Waals surface area contributed by atoms with Gasteiger partial charge >= 0.3 is 0 Å². The number of hydrogen-bond acceptors (Lipinski definition) is 3. The molecule has 3 aromatic rings. The topological polar surface area (TPSA) is 25.6 Å². The molecule has 2 aromatic carbocycles. The van der Waals surface area contributed by atoms with Crippen molar-refractivity contribution in [3.8, 4) is 5.75 Å². The van der Waals surface area contributed by atoms with Crippen molar-refractivity contribution in [2.75, 3.05) is 12.0 Å². The summed E-state index contributed by atoms with van der Waals surface area (Å²) in [6.45, 7) is 2.06. The van der Waals surface area contributed by atoms with Gasteiger partial charge in [0.05, 0.1) is 24.7 Å². The number of fused-ring (bicyclic) bond motifs is 2. The fraction of sp³-hybridized carbons (Fsp3) is 0.158. The Hall–Kier alpha value is -2.68. The Morgan fingerprint density at radius 1 is 1.00 bits per heavy atom. The molecule has 2 heterocycles. The van der Waals surface area contributed by atoms with E-state index in [4.69, 9.17) is 9.15 Å². The molecule has 0 bridgehead atoms. The molecule has 3 heteroatoms. The lowest BCUT2D eigenvalue weighted by atomic mass is 9.99. The first-order valence-electron chi connectivity index (χ1n) is 7.37. The van der Waals surface area contributed by atoms with Crippen molar-refractivity contribution in [2.45, 2.75) is 13.3 Å². The summed E-state index contributed by atoms with van der Waals surface area (Å²) < 4.78 is 11.4. The van der Waals surface area contributed by atoms with E-state index in [2.05, 4.69) is 54.3 Å². The highest BCUT2D eigenvalue weighted by atomic mass is 16.5. The zero-order valence-corrected chi connectivity index (χ0v) is 12.7. The Balaban J connectivity index is 1.97. The molecule has 0 aliphatic carbocycles. The molecule has 4 rings (SSSR count). The highest BCUT2D eigenvalue weighted by Crippen LogP contribution is 2.47. The molecular weight excluding hydrogens is 274 g/mol. The summed E-state index contributed by atoms with van der Waals surface area (Å²) >= 11 is 0. The van der Waals surface area contributed by atoms with Gasteiger partial charge in [-0.3, -0.25) is 4.90 Å². The summed E-state index contributed by atoms with van der Waals surface area (Å²) in [6, 6.07) is 16.7. The van der Waals surface area contributed by atoms with Crippen molar-refractivity contribution in [2.24, 2.45) is 0 Å². The molecule has 1 aromatic heterocycles. The molecule has 3 nitrogen and oxygen atoms in total. The first-order valence-corrected chi connectivity index (χ1v) is 7.37. The van der Waals surface area contributed by atoms with Crippen LogP contribution in [0, 0.1) is 6.92 Å². The van der Waals surface area contributed by atoms with Crippen LogP contribution in [0.5, 0.6) is 5.75 Å². The maximum absolute atomic E-state index is 5.78. The fourth-order valence-corrected chi connectivity index (χ4v) is 3.06. The number of rotatable bonds is 2. The van der Waals surface area contributed by atoms with E-state index in [1.807, 2.05) is 6.07 Å². The van der Waals surface area contributed by atoms with Crippen molar-refractivity contribution < 1.29 is 9.15 Å². The monoisotopic (exact) mass is 291 g/mol. The predicted octanol–water partition coefficient (Wildman–Crippen LogP) is 4.97. The number of nitrogens with zero attached hydrogens (tertiary/aromatic N) is 1. The summed E-state index contributed by atoms with van der Waals surface area (Å²) in [6.07, 6.45) is 2.65. The van der Waals surface area contributed by atoms with Crippen molar-refractivity contribution >= 4 is 17.3 Å². The van der Waals surface area contributed by atoms with Crippen molar-refractivity contribution in [1.29, 1.82) is 0 Å². The lowest BCUT2D eigenvalue weighted by molar-refractivity contribution is 0.415. The van der Waals surface area contributed by atoms with E-state index in [1.54, 1.807) is 13.4 Å². The van der Waals surface area contributed by atoms with Gasteiger partial charge in [-0.05, 0) is 42.3 Å². The Morgan fingerprint density at radius 3 is 2.73 bits per heavy atom. The van der Waals surface area contributed by atoms with Crippen LogP contribution in [0.15, 0.2) is 59.2 Å². The van der Waals surface area contributed by atoms with E-state index in [-0.39, 0.29) is 0 Å². The second-order valence-corrected chi connectivity index (χ2v) is 5.57. The highest BCUT2D eigenvalue weighted by molar-refractivity contribution is 5.83. The number of para-hydroxylation sites is 1. The minimum absolute atomic E-state index is 0.846. The third-order valence-electron chi connectivity index (χ3n) is 4.12. The lowest BCUT2D eigenvalue weighted by Gasteiger charge is -2.30. The molecular formula is C19H17NO2. The van der Waals surface area contributed by atoms with E-state index in [9.17, 15) is 0 Å². The van der Waals surface area contributed by atoms with Gasteiger partial charge in [-0.25, -0.2) is 0 Å². The maximum atomic E-state index is 5.78. The van der Waals surface area contributed by atoms with E-state index in [1.165, 1.54) is 16.7 Å². The Kier molecular flexibility index (Phi) is 2.93. The van der Waals surface area contributed by atoms with E-state index >= 15 is 0 Å². The van der Waals surface area contributed by atoms with Gasteiger partial charge in [0, 0.05) is 12.0 Å². The van der Waals surface area contributed by atoms with Gasteiger partial charge in [0.1, 0.15) is 5.75 Å². The van der Waals surface area contributed by atoms with Crippen LogP contribution >= 0.6 is 0 Å². The molecule has 0 spiro atoms. The molecule has 1 aliphatic heterocycles. The Bertz CT molecular complexity index is 835. The second-order valence-electron chi connectivity index (χ2n) is 5.57. The summed E-state index contributed by atoms with van der Waals surface area (Å²) in [7, 11) is 1.71. The number of hydrogen-bond donors (Lipinski definition) is 0. The van der Waals surface area contributed by atoms with Crippen molar-refractivity contribution in [3.05, 3.63) is 71.5 Å². The zero-order valence-electron chi connectivity index (χ0n) is 12.7. The molecule has 0 saturated heterocycles. The normalized spacial score (nSPS) is 12.7. The summed E-state index contributed by atoms with van der Waals surface area (Å²) in [4.78, 5) is 2.15. The second kappa shape index (κ2) is 4.95. The van der Waals surface area contributed by atoms with Crippen molar-refractivity contribution in [1.82, 2.24) is 0 Å². The number of anilines is 3. The third-order valence-corrected chi connectivity index (χ3v) is 4.12. The van der Waals surface area contributed by atoms with E-state index in [0.29, 0.717) is 0 Å². The Labute approximate surface area is 129 Å². The van der Waals surface area contributed by atoms with E-state index < -0.39 is 0 Å². The standard InChI is InChI=1S/C19H17NO2/c1-13-7-8-17(18(11-13)21-2)20-16-6-4-3-5-14(16)12-15-9-10-22-19(15)20/h3-11H,12H2,1-2H3. The van der Waals surface area contributed by atoms with Crippen LogP contribution in [0.3, 0.4) is 0 Å². The lowest BCUT2D eigenvalue weighted by Crippen LogP contribution is -2.17. The van der Waals surface area contributed by atoms with Crippen LogP contribution < -0.4 is 9.64 Å². The van der Waals surface area contributed by atoms with Crippen LogP contribution in [0.4, 0.5) is 17.3 Å². The SMILES string of the molecule is COc1cc(C)ccc1N1c2ccccc2Cc2ccoc21. The number of ether oxygens (including phenoxy) is 1. The van der Waals surface area contributed by atoms with Crippen LogP contribution in [-0.2, 0) is 6.42 Å². The fourth-order valence-electron chi connectivity index (χ4n) is 3.06. The average molecular weight is 291 g/mol. The molecule has 22 heavy (non-hydrogen) atoms. The minimum atomic E-state index is 0.846. The van der Waals surface area contributed by atoms with Gasteiger partial charge < -0.3 is 9.15 Å². The molecule has 0 N–H and O–H groups in total. The first-order chi connectivity index (χ1) is 10.8. The molecule has 0 unspecified atom stereocenters. The zero-order chi connectivity index (χ0) is 15.1. The molecule has 0 radical (unpaired) electrons. The molecule has 0 atom stereocenters. The van der Waals surface area contributed by atoms with Crippen LogP contribution in [0.1, 0.15) is 16.7 Å². The highest BCUT2D eigenvalue weighted by Gasteiger charge is 2.28. The van der Waals surface area contributed by atoms with Gasteiger partial charge in [-0.2, -0.15) is 0 Å². The van der Waals surface area contributed by atoms with Gasteiger partial charge in [0.15, 0.2) is 0 Å². The maximum Gasteiger partial charge on any atom is 0.207 e. The quantitative estimate of drug-likeness (QED) is 0.521. The molecule has 1 aliphatic rings. The average Bonchev–Trinajstić information content (AvgIpc) is 3.00. The number of furan rings is 1. The van der Waals surface area contributed by atoms with Gasteiger partial charge in [-0.1, -0.05) is 24.3 Å². The Morgan fingerprint density at radius 2 is 1.86 bits per heavy atom. The van der Waals surface area contributed by atoms with Gasteiger partial charge in [0.25, 0.3) is 0 Å². The van der Waals surface area contributed by atoms with Crippen LogP contribution in [-0.4, -0.2) is 7.11 Å². The van der Waals surface area contributed by atoms with Gasteiger partial charge in [-0.15, -0.1) is 0 Å². The third kappa shape index (κ3) is 1.90. The number of benzene rings is 2. The number of methoxy groups -OCH3 is 1. The molecule has 110 valence electrons. The summed E-state index contributed by atoms with van der Waals surface area (Å²) in [5.74, 6) is 1.72. The molecule has 0 saturated carbocycles. The van der Waals surface area contributed by atoms with Gasteiger partial charge in [0.2, 0.25) is 5.88 Å². The number of aryl methyl sites for hydroxylation is 1. The summed E-state index contributed by atoms with van der Waals surface area (Å²) in [5, 5.41) is 0. The van der Waals surface area contributed by atoms with Crippen LogP contribution in [0.25, 0.3) is 0 Å². The first kappa shape index (κ1) is 13.0. The molecule has 0 amide bonds. The minimum Gasteiger partial charge on any atom is -0.495 e.